The summed E-state index contributed by atoms with van der Waals surface area (Å²) in [4.78, 5) is 28.3. The molecule has 0 unspecified atom stereocenters. The minimum absolute atomic E-state index is 0.0483. The summed E-state index contributed by atoms with van der Waals surface area (Å²) in [7, 11) is 1.64. The maximum Gasteiger partial charge on any atom is 0.410 e. The van der Waals surface area contributed by atoms with E-state index in [0.717, 1.165) is 16.7 Å². The molecule has 2 amide bonds. The number of carbonyl (C=O) groups excluding carboxylic acids is 2. The molecule has 0 radical (unpaired) electrons. The molecular weight excluding hydrogens is 346 g/mol. The van der Waals surface area contributed by atoms with Crippen LogP contribution in [0.15, 0.2) is 30.5 Å². The molecule has 0 aliphatic carbocycles. The van der Waals surface area contributed by atoms with E-state index < -0.39 is 5.60 Å². The summed E-state index contributed by atoms with van der Waals surface area (Å²) in [6.45, 7) is 7.85. The lowest BCUT2D eigenvalue weighted by Crippen LogP contribution is -2.52. The van der Waals surface area contributed by atoms with Gasteiger partial charge in [-0.3, -0.25) is 4.79 Å². The third-order valence-electron chi connectivity index (χ3n) is 4.57. The van der Waals surface area contributed by atoms with Crippen LogP contribution < -0.4 is 4.74 Å². The predicted octanol–water partition coefficient (Wildman–Crippen LogP) is 2.73. The van der Waals surface area contributed by atoms with Gasteiger partial charge in [0.25, 0.3) is 0 Å². The molecule has 146 valence electrons. The quantitative estimate of drug-likeness (QED) is 0.830. The molecule has 7 nitrogen and oxygen atoms in total. The van der Waals surface area contributed by atoms with Gasteiger partial charge in [-0.25, -0.2) is 4.79 Å². The Morgan fingerprint density at radius 1 is 1.04 bits per heavy atom. The molecule has 27 heavy (non-hydrogen) atoms. The number of nitrogens with zero attached hydrogens (tertiary/aromatic N) is 3. The van der Waals surface area contributed by atoms with Gasteiger partial charge in [0, 0.05) is 43.3 Å². The van der Waals surface area contributed by atoms with Crippen molar-refractivity contribution in [1.82, 2.24) is 14.4 Å². The van der Waals surface area contributed by atoms with Crippen LogP contribution in [0.5, 0.6) is 5.75 Å². The Kier molecular flexibility index (Phi) is 5.30. The minimum Gasteiger partial charge on any atom is -0.497 e. The average Bonchev–Trinajstić information content (AvgIpc) is 3.02. The normalized spacial score (nSPS) is 15.1. The Morgan fingerprint density at radius 2 is 1.70 bits per heavy atom. The topological polar surface area (TPSA) is 64.0 Å². The molecule has 0 spiro atoms. The van der Waals surface area contributed by atoms with Gasteiger partial charge < -0.3 is 23.8 Å². The van der Waals surface area contributed by atoms with E-state index in [-0.39, 0.29) is 18.5 Å². The Morgan fingerprint density at radius 3 is 2.33 bits per heavy atom. The number of fused-ring (bicyclic) bond motifs is 1. The third-order valence-corrected chi connectivity index (χ3v) is 4.57. The first kappa shape index (κ1) is 19.1. The van der Waals surface area contributed by atoms with E-state index in [9.17, 15) is 9.59 Å². The lowest BCUT2D eigenvalue weighted by molar-refractivity contribution is -0.133. The van der Waals surface area contributed by atoms with Crippen LogP contribution in [0.2, 0.25) is 0 Å². The van der Waals surface area contributed by atoms with Crippen LogP contribution in [0, 0.1) is 0 Å². The van der Waals surface area contributed by atoms with Crippen molar-refractivity contribution < 1.29 is 19.1 Å². The lowest BCUT2D eigenvalue weighted by Gasteiger charge is -2.35. The van der Waals surface area contributed by atoms with E-state index in [1.165, 1.54) is 0 Å². The van der Waals surface area contributed by atoms with Gasteiger partial charge in [-0.15, -0.1) is 0 Å². The molecule has 0 atom stereocenters. The monoisotopic (exact) mass is 373 g/mol. The van der Waals surface area contributed by atoms with Crippen molar-refractivity contribution >= 4 is 22.9 Å². The number of carbonyl (C=O) groups is 2. The zero-order chi connectivity index (χ0) is 19.6. The van der Waals surface area contributed by atoms with E-state index >= 15 is 0 Å². The fourth-order valence-electron chi connectivity index (χ4n) is 3.15. The van der Waals surface area contributed by atoms with Crippen LogP contribution in [0.1, 0.15) is 20.8 Å². The van der Waals surface area contributed by atoms with Crippen molar-refractivity contribution in [3.8, 4) is 5.75 Å². The van der Waals surface area contributed by atoms with Crippen molar-refractivity contribution in [3.63, 3.8) is 0 Å². The number of amides is 2. The first-order valence-corrected chi connectivity index (χ1v) is 9.15. The fourth-order valence-corrected chi connectivity index (χ4v) is 3.15. The van der Waals surface area contributed by atoms with E-state index in [2.05, 4.69) is 0 Å². The molecule has 1 saturated heterocycles. The van der Waals surface area contributed by atoms with Gasteiger partial charge in [-0.2, -0.15) is 0 Å². The summed E-state index contributed by atoms with van der Waals surface area (Å²) in [5, 5.41) is 1.04. The van der Waals surface area contributed by atoms with Gasteiger partial charge in [0.05, 0.1) is 7.11 Å². The maximum absolute atomic E-state index is 12.7. The summed E-state index contributed by atoms with van der Waals surface area (Å²) in [5.41, 5.74) is 0.485. The summed E-state index contributed by atoms with van der Waals surface area (Å²) in [6.07, 6.45) is 1.60. The number of piperazine rings is 1. The molecule has 0 bridgehead atoms. The summed E-state index contributed by atoms with van der Waals surface area (Å²) in [5.74, 6) is 0.844. The minimum atomic E-state index is -0.512. The summed E-state index contributed by atoms with van der Waals surface area (Å²) < 4.78 is 12.6. The first-order chi connectivity index (χ1) is 12.8. The van der Waals surface area contributed by atoms with Crippen molar-refractivity contribution in [2.75, 3.05) is 33.3 Å². The molecule has 2 aromatic rings. The molecule has 1 aliphatic heterocycles. The zero-order valence-electron chi connectivity index (χ0n) is 16.4. The van der Waals surface area contributed by atoms with Gasteiger partial charge in [0.2, 0.25) is 5.91 Å². The molecule has 1 aliphatic rings. The van der Waals surface area contributed by atoms with Crippen LogP contribution in [0.3, 0.4) is 0 Å². The Balaban J connectivity index is 1.58. The molecule has 0 N–H and O–H groups in total. The number of benzene rings is 1. The standard InChI is InChI=1S/C20H27N3O4/c1-20(2,3)27-19(25)22-11-9-21(10-12-22)18(24)14-23-8-7-15-13-16(26-4)5-6-17(15)23/h5-8,13H,9-12,14H2,1-4H3. The van der Waals surface area contributed by atoms with Gasteiger partial charge >= 0.3 is 6.09 Å². The molecule has 1 fully saturated rings. The number of aromatic nitrogens is 1. The second-order valence-corrected chi connectivity index (χ2v) is 7.72. The van der Waals surface area contributed by atoms with E-state index in [1.54, 1.807) is 16.9 Å². The fraction of sp³-hybridized carbons (Fsp3) is 0.500. The molecular formula is C20H27N3O4. The van der Waals surface area contributed by atoms with Gasteiger partial charge in [0.1, 0.15) is 17.9 Å². The number of methoxy groups -OCH3 is 1. The highest BCUT2D eigenvalue weighted by Crippen LogP contribution is 2.22. The summed E-state index contributed by atoms with van der Waals surface area (Å²) in [6, 6.07) is 7.78. The van der Waals surface area contributed by atoms with Gasteiger partial charge in [-0.1, -0.05) is 0 Å². The van der Waals surface area contributed by atoms with Crippen molar-refractivity contribution in [2.24, 2.45) is 0 Å². The SMILES string of the molecule is COc1ccc2c(ccn2CC(=O)N2CCN(C(=O)OC(C)(C)C)CC2)c1. The average molecular weight is 373 g/mol. The molecule has 0 saturated carbocycles. The molecule has 3 rings (SSSR count). The predicted molar refractivity (Wildman–Crippen MR) is 103 cm³/mol. The Bertz CT molecular complexity index is 829. The second kappa shape index (κ2) is 7.50. The molecule has 2 heterocycles. The Hall–Kier alpha value is -2.70. The highest BCUT2D eigenvalue weighted by atomic mass is 16.6. The van der Waals surface area contributed by atoms with Crippen LogP contribution in [0.4, 0.5) is 4.79 Å². The molecule has 1 aromatic carbocycles. The van der Waals surface area contributed by atoms with Gasteiger partial charge in [0.15, 0.2) is 0 Å². The van der Waals surface area contributed by atoms with Crippen molar-refractivity contribution in [3.05, 3.63) is 30.5 Å². The molecule has 1 aromatic heterocycles. The lowest BCUT2D eigenvalue weighted by atomic mass is 10.2. The first-order valence-electron chi connectivity index (χ1n) is 9.15. The van der Waals surface area contributed by atoms with Crippen molar-refractivity contribution in [1.29, 1.82) is 0 Å². The highest BCUT2D eigenvalue weighted by Gasteiger charge is 2.27. The van der Waals surface area contributed by atoms with Crippen LogP contribution in [-0.2, 0) is 16.1 Å². The number of rotatable bonds is 3. The number of hydrogen-bond donors (Lipinski definition) is 0. The van der Waals surface area contributed by atoms with E-state index in [4.69, 9.17) is 9.47 Å². The largest absolute Gasteiger partial charge is 0.497 e. The highest BCUT2D eigenvalue weighted by molar-refractivity contribution is 5.84. The number of hydrogen-bond acceptors (Lipinski definition) is 4. The number of ether oxygens (including phenoxy) is 2. The zero-order valence-corrected chi connectivity index (χ0v) is 16.4. The van der Waals surface area contributed by atoms with Crippen LogP contribution in [0.25, 0.3) is 10.9 Å². The molecule has 7 heteroatoms. The van der Waals surface area contributed by atoms with Crippen LogP contribution in [-0.4, -0.2) is 65.3 Å². The van der Waals surface area contributed by atoms with Crippen LogP contribution >= 0.6 is 0 Å². The smallest absolute Gasteiger partial charge is 0.410 e. The third kappa shape index (κ3) is 4.53. The van der Waals surface area contributed by atoms with Gasteiger partial charge in [-0.05, 0) is 45.0 Å². The van der Waals surface area contributed by atoms with Crippen molar-refractivity contribution in [2.45, 2.75) is 32.9 Å². The van der Waals surface area contributed by atoms with E-state index in [1.807, 2.05) is 55.8 Å². The maximum atomic E-state index is 12.7. The van der Waals surface area contributed by atoms with E-state index in [0.29, 0.717) is 26.2 Å². The Labute approximate surface area is 159 Å². The summed E-state index contributed by atoms with van der Waals surface area (Å²) >= 11 is 0. The second-order valence-electron chi connectivity index (χ2n) is 7.72.